The SMILES string of the molecule is CS(=O)(=O)OCCO[C@@H](CCOS(C)(=O)=O)COCc1ccccc1. The number of hydrogen-bond acceptors (Lipinski definition) is 8. The van der Waals surface area contributed by atoms with E-state index in [0.29, 0.717) is 6.61 Å². The highest BCUT2D eigenvalue weighted by atomic mass is 32.2. The number of ether oxygens (including phenoxy) is 2. The van der Waals surface area contributed by atoms with Crippen LogP contribution < -0.4 is 0 Å². The Morgan fingerprint density at radius 3 is 2.08 bits per heavy atom. The van der Waals surface area contributed by atoms with Gasteiger partial charge in [0.25, 0.3) is 20.2 Å². The molecule has 0 aliphatic rings. The zero-order chi connectivity index (χ0) is 18.8. The summed E-state index contributed by atoms with van der Waals surface area (Å²) in [6.07, 6.45) is 1.75. The van der Waals surface area contributed by atoms with Crippen LogP contribution >= 0.6 is 0 Å². The van der Waals surface area contributed by atoms with Gasteiger partial charge in [-0.1, -0.05) is 30.3 Å². The minimum absolute atomic E-state index is 0.0330. The third-order valence-corrected chi connectivity index (χ3v) is 4.08. The summed E-state index contributed by atoms with van der Waals surface area (Å²) in [4.78, 5) is 0. The molecule has 10 heteroatoms. The Kier molecular flexibility index (Phi) is 9.54. The molecule has 0 radical (unpaired) electrons. The average Bonchev–Trinajstić information content (AvgIpc) is 2.50. The fourth-order valence-electron chi connectivity index (χ4n) is 1.83. The van der Waals surface area contributed by atoms with Gasteiger partial charge in [0, 0.05) is 6.42 Å². The zero-order valence-electron chi connectivity index (χ0n) is 14.3. The van der Waals surface area contributed by atoms with Crippen LogP contribution in [0.1, 0.15) is 12.0 Å². The molecule has 0 N–H and O–H groups in total. The van der Waals surface area contributed by atoms with Crippen LogP contribution in [0.3, 0.4) is 0 Å². The first-order valence-corrected chi connectivity index (χ1v) is 11.2. The lowest BCUT2D eigenvalue weighted by Crippen LogP contribution is -2.25. The van der Waals surface area contributed by atoms with Crippen molar-refractivity contribution in [3.63, 3.8) is 0 Å². The van der Waals surface area contributed by atoms with Gasteiger partial charge in [-0.05, 0) is 5.56 Å². The molecule has 1 aromatic carbocycles. The van der Waals surface area contributed by atoms with Crippen LogP contribution in [-0.4, -0.2) is 61.9 Å². The van der Waals surface area contributed by atoms with Gasteiger partial charge in [-0.25, -0.2) is 0 Å². The number of benzene rings is 1. The second-order valence-corrected chi connectivity index (χ2v) is 8.62. The predicted molar refractivity (Wildman–Crippen MR) is 92.0 cm³/mol. The first-order valence-electron chi connectivity index (χ1n) is 7.58. The van der Waals surface area contributed by atoms with E-state index < -0.39 is 26.3 Å². The summed E-state index contributed by atoms with van der Waals surface area (Å²) in [6, 6.07) is 9.54. The standard InChI is InChI=1S/C15H24O8S2/c1-24(16,17)22-9-8-15(21-10-11-23-25(2,18)19)13-20-12-14-6-4-3-5-7-14/h3-7,15H,8-13H2,1-2H3/t15-/m0/s1. The van der Waals surface area contributed by atoms with Gasteiger partial charge in [-0.2, -0.15) is 16.8 Å². The van der Waals surface area contributed by atoms with Gasteiger partial charge in [0.05, 0.1) is 51.6 Å². The Morgan fingerprint density at radius 2 is 1.48 bits per heavy atom. The van der Waals surface area contributed by atoms with Crippen LogP contribution in [0, 0.1) is 0 Å². The van der Waals surface area contributed by atoms with Crippen LogP contribution in [0.5, 0.6) is 0 Å². The smallest absolute Gasteiger partial charge is 0.264 e. The molecule has 0 fully saturated rings. The second-order valence-electron chi connectivity index (χ2n) is 5.33. The summed E-state index contributed by atoms with van der Waals surface area (Å²) >= 11 is 0. The van der Waals surface area contributed by atoms with Crippen molar-refractivity contribution in [2.45, 2.75) is 19.1 Å². The Hall–Kier alpha value is -1.04. The summed E-state index contributed by atoms with van der Waals surface area (Å²) < 4.78 is 64.2. The molecule has 0 spiro atoms. The quantitative estimate of drug-likeness (QED) is 0.358. The van der Waals surface area contributed by atoms with E-state index in [9.17, 15) is 16.8 Å². The molecule has 0 unspecified atom stereocenters. The van der Waals surface area contributed by atoms with Gasteiger partial charge in [-0.15, -0.1) is 0 Å². The van der Waals surface area contributed by atoms with E-state index in [4.69, 9.17) is 13.7 Å². The minimum atomic E-state index is -3.53. The van der Waals surface area contributed by atoms with Gasteiger partial charge in [0.1, 0.15) is 0 Å². The summed E-state index contributed by atoms with van der Waals surface area (Å²) in [6.45, 7) is 0.450. The molecule has 1 rings (SSSR count). The van der Waals surface area contributed by atoms with Gasteiger partial charge in [0.15, 0.2) is 0 Å². The van der Waals surface area contributed by atoms with Crippen molar-refractivity contribution in [1.29, 1.82) is 0 Å². The van der Waals surface area contributed by atoms with E-state index in [-0.39, 0.29) is 32.8 Å². The summed E-state index contributed by atoms with van der Waals surface area (Å²) in [5.74, 6) is 0. The average molecular weight is 396 g/mol. The van der Waals surface area contributed by atoms with Crippen LogP contribution in [0.15, 0.2) is 30.3 Å². The molecule has 0 saturated carbocycles. The molecule has 0 aromatic heterocycles. The molecule has 0 aliphatic carbocycles. The molecule has 0 heterocycles. The third-order valence-electron chi connectivity index (χ3n) is 2.89. The van der Waals surface area contributed by atoms with Crippen LogP contribution in [0.25, 0.3) is 0 Å². The molecule has 1 atom stereocenters. The maximum Gasteiger partial charge on any atom is 0.264 e. The van der Waals surface area contributed by atoms with Crippen molar-refractivity contribution in [2.75, 3.05) is 38.9 Å². The Morgan fingerprint density at radius 1 is 0.880 bits per heavy atom. The van der Waals surface area contributed by atoms with Crippen molar-refractivity contribution >= 4 is 20.2 Å². The molecule has 0 aliphatic heterocycles. The molecule has 0 bridgehead atoms. The topological polar surface area (TPSA) is 105 Å². The first-order chi connectivity index (χ1) is 11.7. The van der Waals surface area contributed by atoms with E-state index in [1.165, 1.54) is 0 Å². The molecule has 25 heavy (non-hydrogen) atoms. The van der Waals surface area contributed by atoms with E-state index >= 15 is 0 Å². The monoisotopic (exact) mass is 396 g/mol. The van der Waals surface area contributed by atoms with Crippen molar-refractivity contribution in [3.05, 3.63) is 35.9 Å². The van der Waals surface area contributed by atoms with Gasteiger partial charge >= 0.3 is 0 Å². The maximum atomic E-state index is 11.0. The van der Waals surface area contributed by atoms with E-state index in [0.717, 1.165) is 18.1 Å². The Balaban J connectivity index is 2.40. The Bertz CT molecular complexity index is 686. The van der Waals surface area contributed by atoms with Crippen molar-refractivity contribution < 1.29 is 34.7 Å². The van der Waals surface area contributed by atoms with Crippen LogP contribution in [0.2, 0.25) is 0 Å². The van der Waals surface area contributed by atoms with Crippen molar-refractivity contribution in [3.8, 4) is 0 Å². The summed E-state index contributed by atoms with van der Waals surface area (Å²) in [7, 11) is -7.05. The highest BCUT2D eigenvalue weighted by Gasteiger charge is 2.13. The van der Waals surface area contributed by atoms with Gasteiger partial charge in [-0.3, -0.25) is 8.37 Å². The largest absolute Gasteiger partial charge is 0.374 e. The van der Waals surface area contributed by atoms with Crippen LogP contribution in [-0.2, 0) is 44.7 Å². The maximum absolute atomic E-state index is 11.0. The summed E-state index contributed by atoms with van der Waals surface area (Å²) in [5, 5.41) is 0. The lowest BCUT2D eigenvalue weighted by molar-refractivity contribution is -0.0370. The fraction of sp³-hybridized carbons (Fsp3) is 0.600. The molecule has 0 amide bonds. The van der Waals surface area contributed by atoms with Crippen molar-refractivity contribution in [2.24, 2.45) is 0 Å². The predicted octanol–water partition coefficient (Wildman–Crippen LogP) is 0.931. The van der Waals surface area contributed by atoms with Crippen LogP contribution in [0.4, 0.5) is 0 Å². The van der Waals surface area contributed by atoms with Gasteiger partial charge < -0.3 is 9.47 Å². The number of hydrogen-bond donors (Lipinski definition) is 0. The normalized spacial score (nSPS) is 13.7. The Labute approximate surface area is 149 Å². The molecule has 0 saturated heterocycles. The first kappa shape index (κ1) is 22.0. The van der Waals surface area contributed by atoms with E-state index in [2.05, 4.69) is 4.18 Å². The fourth-order valence-corrected chi connectivity index (χ4v) is 2.60. The summed E-state index contributed by atoms with van der Waals surface area (Å²) in [5.41, 5.74) is 0.994. The molecule has 144 valence electrons. The highest BCUT2D eigenvalue weighted by molar-refractivity contribution is 7.86. The molecule has 1 aromatic rings. The molecule has 8 nitrogen and oxygen atoms in total. The lowest BCUT2D eigenvalue weighted by atomic mass is 10.2. The molecular weight excluding hydrogens is 372 g/mol. The number of rotatable bonds is 13. The third kappa shape index (κ3) is 12.9. The van der Waals surface area contributed by atoms with Gasteiger partial charge in [0.2, 0.25) is 0 Å². The minimum Gasteiger partial charge on any atom is -0.374 e. The lowest BCUT2D eigenvalue weighted by Gasteiger charge is -2.18. The second kappa shape index (κ2) is 10.8. The highest BCUT2D eigenvalue weighted by Crippen LogP contribution is 2.06. The molecular formula is C15H24O8S2. The van der Waals surface area contributed by atoms with E-state index in [1.807, 2.05) is 30.3 Å². The van der Waals surface area contributed by atoms with Crippen molar-refractivity contribution in [1.82, 2.24) is 0 Å². The van der Waals surface area contributed by atoms with E-state index in [1.54, 1.807) is 0 Å². The zero-order valence-corrected chi connectivity index (χ0v) is 15.9.